The number of carbonyl (C=O) groups excluding carboxylic acids is 2. The predicted octanol–water partition coefficient (Wildman–Crippen LogP) is 5.80. The molecule has 0 radical (unpaired) electrons. The number of benzene rings is 1. The first-order valence-electron chi connectivity index (χ1n) is 9.48. The lowest BCUT2D eigenvalue weighted by Crippen LogP contribution is -2.42. The Morgan fingerprint density at radius 2 is 1.81 bits per heavy atom. The van der Waals surface area contributed by atoms with Gasteiger partial charge in [-0.15, -0.1) is 11.3 Å². The van der Waals surface area contributed by atoms with Crippen LogP contribution < -0.4 is 4.90 Å². The van der Waals surface area contributed by atoms with Crippen LogP contribution in [0.1, 0.15) is 56.1 Å². The maximum Gasteiger partial charge on any atom is 0.230 e. The van der Waals surface area contributed by atoms with E-state index in [2.05, 4.69) is 6.92 Å². The monoisotopic (exact) mass is 369 g/mol. The van der Waals surface area contributed by atoms with Gasteiger partial charge in [-0.25, -0.2) is 0 Å². The quantitative estimate of drug-likeness (QED) is 0.625. The van der Waals surface area contributed by atoms with Crippen molar-refractivity contribution in [2.45, 2.75) is 52.5 Å². The number of thiophene rings is 1. The molecule has 1 saturated carbocycles. The van der Waals surface area contributed by atoms with Gasteiger partial charge < -0.3 is 4.90 Å². The Labute approximate surface area is 160 Å². The second-order valence-electron chi connectivity index (χ2n) is 7.60. The van der Waals surface area contributed by atoms with Gasteiger partial charge in [0.25, 0.3) is 0 Å². The average molecular weight is 370 g/mol. The number of amides is 1. The van der Waals surface area contributed by atoms with Gasteiger partial charge >= 0.3 is 0 Å². The van der Waals surface area contributed by atoms with E-state index >= 15 is 0 Å². The van der Waals surface area contributed by atoms with Gasteiger partial charge in [-0.05, 0) is 57.1 Å². The second-order valence-corrected chi connectivity index (χ2v) is 8.69. The lowest BCUT2D eigenvalue weighted by atomic mass is 9.82. The van der Waals surface area contributed by atoms with Crippen molar-refractivity contribution in [2.75, 3.05) is 4.90 Å². The van der Waals surface area contributed by atoms with Crippen LogP contribution in [-0.4, -0.2) is 18.2 Å². The summed E-state index contributed by atoms with van der Waals surface area (Å²) in [6.45, 7) is 6.31. The van der Waals surface area contributed by atoms with Gasteiger partial charge in [0, 0.05) is 16.8 Å². The molecular weight excluding hydrogens is 342 g/mol. The Morgan fingerprint density at radius 1 is 1.15 bits per heavy atom. The predicted molar refractivity (Wildman–Crippen MR) is 109 cm³/mol. The van der Waals surface area contributed by atoms with E-state index in [1.807, 2.05) is 55.1 Å². The van der Waals surface area contributed by atoms with Crippen LogP contribution in [0.5, 0.6) is 0 Å². The molecule has 0 spiro atoms. The van der Waals surface area contributed by atoms with Gasteiger partial charge in [0.1, 0.15) is 0 Å². The Bertz CT molecular complexity index is 758. The molecule has 1 fully saturated rings. The Hall–Kier alpha value is -1.94. The molecule has 2 aromatic rings. The molecule has 138 valence electrons. The number of hydrogen-bond donors (Lipinski definition) is 0. The minimum Gasteiger partial charge on any atom is -0.308 e. The van der Waals surface area contributed by atoms with Crippen molar-refractivity contribution < 1.29 is 9.59 Å². The summed E-state index contributed by atoms with van der Waals surface area (Å²) in [4.78, 5) is 28.5. The molecule has 0 atom stereocenters. The van der Waals surface area contributed by atoms with E-state index in [0.717, 1.165) is 48.1 Å². The minimum atomic E-state index is 0.0266. The number of carbonyl (C=O) groups is 2. The number of anilines is 1. The van der Waals surface area contributed by atoms with Crippen LogP contribution in [-0.2, 0) is 4.79 Å². The maximum absolute atomic E-state index is 13.3. The van der Waals surface area contributed by atoms with Crippen LogP contribution in [0.3, 0.4) is 0 Å². The molecule has 0 unspecified atom stereocenters. The average Bonchev–Trinajstić information content (AvgIpc) is 3.06. The van der Waals surface area contributed by atoms with Gasteiger partial charge in [0.15, 0.2) is 6.29 Å². The van der Waals surface area contributed by atoms with E-state index in [9.17, 15) is 9.59 Å². The summed E-state index contributed by atoms with van der Waals surface area (Å²) in [5, 5.41) is 0. The van der Waals surface area contributed by atoms with E-state index in [0.29, 0.717) is 10.8 Å². The molecule has 1 aliphatic carbocycles. The summed E-state index contributed by atoms with van der Waals surface area (Å²) in [6, 6.07) is 12.1. The van der Waals surface area contributed by atoms with Crippen LogP contribution in [0.15, 0.2) is 36.4 Å². The topological polar surface area (TPSA) is 37.4 Å². The molecule has 0 bridgehead atoms. The Balaban J connectivity index is 1.94. The highest BCUT2D eigenvalue weighted by molar-refractivity contribution is 7.17. The van der Waals surface area contributed by atoms with Crippen molar-refractivity contribution in [3.05, 3.63) is 41.3 Å². The standard InChI is InChI=1S/C22H27NO2S/c1-15(2)23(22(25)18-11-9-16(3)10-12-18)19-13-20(26-21(19)14-24)17-7-5-4-6-8-17/h4-8,13-16,18H,9-12H2,1-3H3/t16-,18-. The normalized spacial score (nSPS) is 20.2. The van der Waals surface area contributed by atoms with E-state index in [1.165, 1.54) is 11.3 Å². The molecule has 0 aliphatic heterocycles. The molecule has 1 aliphatic rings. The van der Waals surface area contributed by atoms with Crippen molar-refractivity contribution in [3.8, 4) is 10.4 Å². The van der Waals surface area contributed by atoms with Gasteiger partial charge in [-0.2, -0.15) is 0 Å². The zero-order chi connectivity index (χ0) is 18.7. The molecule has 4 heteroatoms. The molecule has 1 heterocycles. The van der Waals surface area contributed by atoms with Crippen molar-refractivity contribution >= 4 is 29.2 Å². The fourth-order valence-corrected chi connectivity index (χ4v) is 4.74. The number of nitrogens with zero attached hydrogens (tertiary/aromatic N) is 1. The highest BCUT2D eigenvalue weighted by atomic mass is 32.1. The summed E-state index contributed by atoms with van der Waals surface area (Å²) in [5.74, 6) is 0.962. The van der Waals surface area contributed by atoms with Crippen LogP contribution >= 0.6 is 11.3 Å². The third-order valence-electron chi connectivity index (χ3n) is 5.28. The van der Waals surface area contributed by atoms with Crippen molar-refractivity contribution in [2.24, 2.45) is 11.8 Å². The minimum absolute atomic E-state index is 0.0266. The molecule has 1 aromatic heterocycles. The fraction of sp³-hybridized carbons (Fsp3) is 0.455. The van der Waals surface area contributed by atoms with Gasteiger partial charge in [0.05, 0.1) is 10.6 Å². The van der Waals surface area contributed by atoms with E-state index < -0.39 is 0 Å². The van der Waals surface area contributed by atoms with Crippen molar-refractivity contribution in [3.63, 3.8) is 0 Å². The number of rotatable bonds is 5. The molecule has 26 heavy (non-hydrogen) atoms. The summed E-state index contributed by atoms with van der Waals surface area (Å²) in [6.07, 6.45) is 5.02. The van der Waals surface area contributed by atoms with Crippen LogP contribution in [0.4, 0.5) is 5.69 Å². The molecule has 0 saturated heterocycles. The van der Waals surface area contributed by atoms with Gasteiger partial charge in [-0.1, -0.05) is 37.3 Å². The molecule has 1 aromatic carbocycles. The van der Waals surface area contributed by atoms with Crippen molar-refractivity contribution in [1.82, 2.24) is 0 Å². The van der Waals surface area contributed by atoms with Crippen LogP contribution in [0, 0.1) is 11.8 Å². The number of hydrogen-bond acceptors (Lipinski definition) is 3. The molecule has 3 nitrogen and oxygen atoms in total. The van der Waals surface area contributed by atoms with Crippen LogP contribution in [0.2, 0.25) is 0 Å². The van der Waals surface area contributed by atoms with Crippen LogP contribution in [0.25, 0.3) is 10.4 Å². The van der Waals surface area contributed by atoms with Gasteiger partial charge in [0.2, 0.25) is 5.91 Å². The lowest BCUT2D eigenvalue weighted by molar-refractivity contribution is -0.123. The van der Waals surface area contributed by atoms with E-state index in [4.69, 9.17) is 0 Å². The summed E-state index contributed by atoms with van der Waals surface area (Å²) >= 11 is 1.46. The highest BCUT2D eigenvalue weighted by Crippen LogP contribution is 2.38. The molecule has 0 N–H and O–H groups in total. The second kappa shape index (κ2) is 8.17. The zero-order valence-corrected chi connectivity index (χ0v) is 16.6. The maximum atomic E-state index is 13.3. The first kappa shape index (κ1) is 18.8. The third-order valence-corrected chi connectivity index (χ3v) is 6.38. The third kappa shape index (κ3) is 3.90. The lowest BCUT2D eigenvalue weighted by Gasteiger charge is -2.33. The molecule has 1 amide bonds. The smallest absolute Gasteiger partial charge is 0.230 e. The molecule has 3 rings (SSSR count). The first-order chi connectivity index (χ1) is 12.5. The Morgan fingerprint density at radius 3 is 2.38 bits per heavy atom. The molecular formula is C22H27NO2S. The summed E-state index contributed by atoms with van der Waals surface area (Å²) in [7, 11) is 0. The van der Waals surface area contributed by atoms with Crippen molar-refractivity contribution in [1.29, 1.82) is 0 Å². The summed E-state index contributed by atoms with van der Waals surface area (Å²) < 4.78 is 0. The zero-order valence-electron chi connectivity index (χ0n) is 15.8. The van der Waals surface area contributed by atoms with E-state index in [-0.39, 0.29) is 17.9 Å². The summed E-state index contributed by atoms with van der Waals surface area (Å²) in [5.41, 5.74) is 1.84. The van der Waals surface area contributed by atoms with E-state index in [1.54, 1.807) is 0 Å². The number of aldehydes is 1. The largest absolute Gasteiger partial charge is 0.308 e. The highest BCUT2D eigenvalue weighted by Gasteiger charge is 2.32. The fourth-order valence-electron chi connectivity index (χ4n) is 3.77. The van der Waals surface area contributed by atoms with Gasteiger partial charge in [-0.3, -0.25) is 9.59 Å². The SMILES string of the molecule is CC(C)N(c1cc(-c2ccccc2)sc1C=O)C(=O)[C@H]1CC[C@H](C)CC1. The Kier molecular flexibility index (Phi) is 5.92. The first-order valence-corrected chi connectivity index (χ1v) is 10.3.